The Kier molecular flexibility index (Phi) is 3.63. The number of nitro groups is 1. The van der Waals surface area contributed by atoms with Crippen LogP contribution < -0.4 is 0 Å². The molecule has 0 aromatic carbocycles. The van der Waals surface area contributed by atoms with Gasteiger partial charge in [-0.2, -0.15) is 0 Å². The van der Waals surface area contributed by atoms with Gasteiger partial charge in [0.25, 0.3) is 0 Å². The van der Waals surface area contributed by atoms with E-state index in [4.69, 9.17) is 11.6 Å². The van der Waals surface area contributed by atoms with Gasteiger partial charge in [0, 0.05) is 13.1 Å². The summed E-state index contributed by atoms with van der Waals surface area (Å²) < 4.78 is 2.04. The van der Waals surface area contributed by atoms with Crippen LogP contribution in [0.25, 0.3) is 0 Å². The number of aryl methyl sites for hydroxylation is 1. The summed E-state index contributed by atoms with van der Waals surface area (Å²) >= 11 is 8.88. The van der Waals surface area contributed by atoms with Gasteiger partial charge in [0.1, 0.15) is 5.15 Å². The normalized spacial score (nSPS) is 10.6. The molecule has 6 nitrogen and oxygen atoms in total. The molecule has 0 saturated carbocycles. The molecule has 18 heavy (non-hydrogen) atoms. The van der Waals surface area contributed by atoms with Crippen LogP contribution in [0.2, 0.25) is 5.15 Å². The number of hydrogen-bond donors (Lipinski definition) is 0. The zero-order chi connectivity index (χ0) is 13.3. The number of nitrogens with zero attached hydrogens (tertiary/aromatic N) is 4. The first-order valence-electron chi connectivity index (χ1n) is 4.96. The lowest BCUT2D eigenvalue weighted by Crippen LogP contribution is -2.02. The molecule has 0 spiro atoms. The molecule has 2 aromatic rings. The van der Waals surface area contributed by atoms with E-state index in [0.29, 0.717) is 22.1 Å². The maximum atomic E-state index is 10.8. The van der Waals surface area contributed by atoms with Gasteiger partial charge in [-0.1, -0.05) is 17.7 Å². The smallest absolute Gasteiger partial charge is 0.358 e. The lowest BCUT2D eigenvalue weighted by Gasteiger charge is -2.04. The molecule has 0 radical (unpaired) electrons. The molecule has 2 aromatic heterocycles. The molecular formula is C10H8BrClN4O2. The van der Waals surface area contributed by atoms with Crippen molar-refractivity contribution in [2.24, 2.45) is 0 Å². The van der Waals surface area contributed by atoms with Crippen LogP contribution in [-0.4, -0.2) is 19.5 Å². The van der Waals surface area contributed by atoms with Crippen molar-refractivity contribution in [3.8, 4) is 0 Å². The lowest BCUT2D eigenvalue weighted by atomic mass is 10.3. The van der Waals surface area contributed by atoms with Crippen LogP contribution in [0.3, 0.4) is 0 Å². The van der Waals surface area contributed by atoms with Crippen LogP contribution in [0.15, 0.2) is 22.9 Å². The highest BCUT2D eigenvalue weighted by Gasteiger charge is 2.23. The fourth-order valence-electron chi connectivity index (χ4n) is 1.51. The van der Waals surface area contributed by atoms with Gasteiger partial charge >= 0.3 is 5.82 Å². The zero-order valence-corrected chi connectivity index (χ0v) is 11.6. The van der Waals surface area contributed by atoms with Crippen molar-refractivity contribution < 1.29 is 4.92 Å². The van der Waals surface area contributed by atoms with E-state index in [1.807, 2.05) is 6.07 Å². The molecule has 2 rings (SSSR count). The molecule has 8 heteroatoms. The second-order valence-corrected chi connectivity index (χ2v) is 4.74. The molecule has 0 fully saturated rings. The van der Waals surface area contributed by atoms with E-state index >= 15 is 0 Å². The molecule has 0 amide bonds. The minimum Gasteiger partial charge on any atom is -0.358 e. The van der Waals surface area contributed by atoms with Crippen molar-refractivity contribution in [2.75, 3.05) is 0 Å². The largest absolute Gasteiger partial charge is 0.396 e. The van der Waals surface area contributed by atoms with Crippen LogP contribution in [0.1, 0.15) is 11.4 Å². The van der Waals surface area contributed by atoms with Crippen molar-refractivity contribution in [2.45, 2.75) is 13.5 Å². The van der Waals surface area contributed by atoms with Crippen molar-refractivity contribution in [1.82, 2.24) is 14.5 Å². The molecular weight excluding hydrogens is 323 g/mol. The molecule has 0 aliphatic rings. The second kappa shape index (κ2) is 5.03. The quantitative estimate of drug-likeness (QED) is 0.492. The minimum atomic E-state index is -0.520. The number of imidazole rings is 1. The third-order valence-electron chi connectivity index (χ3n) is 2.38. The Balaban J connectivity index is 2.34. The van der Waals surface area contributed by atoms with Crippen molar-refractivity contribution >= 4 is 33.3 Å². The molecule has 0 aliphatic heterocycles. The third kappa shape index (κ3) is 2.51. The Morgan fingerprint density at radius 2 is 2.28 bits per heavy atom. The van der Waals surface area contributed by atoms with Crippen molar-refractivity contribution in [3.05, 3.63) is 49.6 Å². The summed E-state index contributed by atoms with van der Waals surface area (Å²) in [5.74, 6) is 0.373. The number of aromatic nitrogens is 3. The number of hydrogen-bond acceptors (Lipinski definition) is 4. The number of rotatable bonds is 3. The SMILES string of the molecule is Cc1nc([N+](=O)[O-])c(Br)n1Cc1ccc(Cl)nc1. The third-order valence-corrected chi connectivity index (χ3v) is 3.39. The molecule has 0 bridgehead atoms. The molecule has 0 saturated heterocycles. The van der Waals surface area contributed by atoms with Gasteiger partial charge in [-0.15, -0.1) is 0 Å². The molecule has 2 heterocycles. The van der Waals surface area contributed by atoms with Crippen LogP contribution in [-0.2, 0) is 6.54 Å². The maximum absolute atomic E-state index is 10.8. The summed E-state index contributed by atoms with van der Waals surface area (Å²) in [6, 6.07) is 3.48. The highest BCUT2D eigenvalue weighted by molar-refractivity contribution is 9.10. The predicted molar refractivity (Wildman–Crippen MR) is 69.7 cm³/mol. The van der Waals surface area contributed by atoms with Gasteiger partial charge in [0.15, 0.2) is 4.60 Å². The van der Waals surface area contributed by atoms with Crippen LogP contribution in [0.4, 0.5) is 5.82 Å². The maximum Gasteiger partial charge on any atom is 0.396 e. The number of halogens is 2. The zero-order valence-electron chi connectivity index (χ0n) is 9.30. The first kappa shape index (κ1) is 13.0. The monoisotopic (exact) mass is 330 g/mol. The Labute approximate surface area is 116 Å². The molecule has 94 valence electrons. The minimum absolute atomic E-state index is 0.186. The van der Waals surface area contributed by atoms with Crippen LogP contribution in [0.5, 0.6) is 0 Å². The van der Waals surface area contributed by atoms with Gasteiger partial charge in [0.2, 0.25) is 5.82 Å². The predicted octanol–water partition coefficient (Wildman–Crippen LogP) is 2.96. The topological polar surface area (TPSA) is 73.8 Å². The summed E-state index contributed by atoms with van der Waals surface area (Å²) in [5.41, 5.74) is 0.885. The molecule has 0 aliphatic carbocycles. The summed E-state index contributed by atoms with van der Waals surface area (Å²) in [6.45, 7) is 2.15. The Hall–Kier alpha value is -1.47. The summed E-state index contributed by atoms with van der Waals surface area (Å²) in [7, 11) is 0. The highest BCUT2D eigenvalue weighted by atomic mass is 79.9. The van der Waals surface area contributed by atoms with Gasteiger partial charge in [0.05, 0.1) is 6.54 Å². The summed E-state index contributed by atoms with van der Waals surface area (Å²) in [6.07, 6.45) is 1.63. The van der Waals surface area contributed by atoms with Gasteiger partial charge in [-0.3, -0.25) is 4.57 Å². The van der Waals surface area contributed by atoms with E-state index in [9.17, 15) is 10.1 Å². The van der Waals surface area contributed by atoms with E-state index < -0.39 is 4.92 Å². The standard InChI is InChI=1S/C10H8BrClN4O2/c1-6-14-10(16(17)18)9(11)15(6)5-7-2-3-8(12)13-4-7/h2-4H,5H2,1H3. The number of pyridine rings is 1. The van der Waals surface area contributed by atoms with Crippen LogP contribution in [0, 0.1) is 17.0 Å². The van der Waals surface area contributed by atoms with E-state index in [-0.39, 0.29) is 5.82 Å². The Morgan fingerprint density at radius 1 is 1.56 bits per heavy atom. The summed E-state index contributed by atoms with van der Waals surface area (Å²) in [5, 5.41) is 11.2. The highest BCUT2D eigenvalue weighted by Crippen LogP contribution is 2.26. The van der Waals surface area contributed by atoms with E-state index in [0.717, 1.165) is 5.56 Å². The molecule has 0 atom stereocenters. The van der Waals surface area contributed by atoms with Gasteiger partial charge < -0.3 is 10.1 Å². The lowest BCUT2D eigenvalue weighted by molar-refractivity contribution is -0.390. The molecule has 0 unspecified atom stereocenters. The van der Waals surface area contributed by atoms with E-state index in [2.05, 4.69) is 25.9 Å². The fourth-order valence-corrected chi connectivity index (χ4v) is 2.23. The van der Waals surface area contributed by atoms with E-state index in [1.54, 1.807) is 23.8 Å². The first-order valence-corrected chi connectivity index (χ1v) is 6.13. The molecule has 0 N–H and O–H groups in total. The van der Waals surface area contributed by atoms with Crippen molar-refractivity contribution in [1.29, 1.82) is 0 Å². The second-order valence-electron chi connectivity index (χ2n) is 3.61. The van der Waals surface area contributed by atoms with E-state index in [1.165, 1.54) is 0 Å². The van der Waals surface area contributed by atoms with Gasteiger partial charge in [-0.05, 0) is 37.5 Å². The average Bonchev–Trinajstić information content (AvgIpc) is 2.60. The average molecular weight is 332 g/mol. The fraction of sp³-hybridized carbons (Fsp3) is 0.200. The van der Waals surface area contributed by atoms with Crippen molar-refractivity contribution in [3.63, 3.8) is 0 Å². The van der Waals surface area contributed by atoms with Gasteiger partial charge in [-0.25, -0.2) is 4.98 Å². The summed E-state index contributed by atoms with van der Waals surface area (Å²) in [4.78, 5) is 18.1. The Morgan fingerprint density at radius 3 is 2.78 bits per heavy atom. The van der Waals surface area contributed by atoms with Crippen LogP contribution >= 0.6 is 27.5 Å². The first-order chi connectivity index (χ1) is 8.49. The Bertz CT molecular complexity index is 597.